The summed E-state index contributed by atoms with van der Waals surface area (Å²) < 4.78 is 12.8. The molecule has 0 fully saturated rings. The van der Waals surface area contributed by atoms with E-state index in [0.29, 0.717) is 0 Å². The van der Waals surface area contributed by atoms with Crippen molar-refractivity contribution in [2.45, 2.75) is 0 Å². The number of rotatable bonds is 4. The standard InChI is InChI=1S/C14H8FNO4/c15-10-7-5-9(6-8-10)13(17)14(18)11-3-1-2-4-12(11)16(19)20/h1-8H. The first-order valence-corrected chi connectivity index (χ1v) is 5.58. The van der Waals surface area contributed by atoms with Crippen LogP contribution in [-0.2, 0) is 0 Å². The summed E-state index contributed by atoms with van der Waals surface area (Å²) in [6.45, 7) is 0. The summed E-state index contributed by atoms with van der Waals surface area (Å²) in [6, 6.07) is 9.58. The molecule has 2 aromatic rings. The lowest BCUT2D eigenvalue weighted by Gasteiger charge is -2.02. The molecule has 100 valence electrons. The molecular formula is C14H8FNO4. The Hall–Kier alpha value is -2.89. The van der Waals surface area contributed by atoms with E-state index in [1.165, 1.54) is 18.2 Å². The number of Topliss-reactive ketones (excluding diaryl/α,β-unsaturated/α-hetero) is 2. The van der Waals surface area contributed by atoms with Crippen LogP contribution in [0.1, 0.15) is 20.7 Å². The molecule has 0 N–H and O–H groups in total. The molecule has 6 heteroatoms. The smallest absolute Gasteiger partial charge is 0.280 e. The number of para-hydroxylation sites is 1. The van der Waals surface area contributed by atoms with Gasteiger partial charge in [0.2, 0.25) is 11.6 Å². The van der Waals surface area contributed by atoms with Gasteiger partial charge in [-0.2, -0.15) is 0 Å². The van der Waals surface area contributed by atoms with Gasteiger partial charge in [-0.05, 0) is 30.3 Å². The van der Waals surface area contributed by atoms with E-state index in [9.17, 15) is 24.1 Å². The minimum Gasteiger partial charge on any atom is -0.285 e. The molecule has 0 unspecified atom stereocenters. The predicted molar refractivity (Wildman–Crippen MR) is 68.2 cm³/mol. The van der Waals surface area contributed by atoms with Crippen LogP contribution in [0.2, 0.25) is 0 Å². The molecule has 0 amide bonds. The van der Waals surface area contributed by atoms with Crippen LogP contribution >= 0.6 is 0 Å². The monoisotopic (exact) mass is 273 g/mol. The van der Waals surface area contributed by atoms with E-state index < -0.39 is 28.0 Å². The Bertz CT molecular complexity index is 695. The van der Waals surface area contributed by atoms with E-state index in [0.717, 1.165) is 30.3 Å². The molecule has 0 heterocycles. The van der Waals surface area contributed by atoms with Gasteiger partial charge >= 0.3 is 0 Å². The number of halogens is 1. The maximum Gasteiger partial charge on any atom is 0.280 e. The van der Waals surface area contributed by atoms with Gasteiger partial charge in [0.15, 0.2) is 0 Å². The van der Waals surface area contributed by atoms with Gasteiger partial charge < -0.3 is 0 Å². The van der Waals surface area contributed by atoms with Gasteiger partial charge in [0.1, 0.15) is 11.4 Å². The van der Waals surface area contributed by atoms with Crippen molar-refractivity contribution >= 4 is 17.3 Å². The largest absolute Gasteiger partial charge is 0.285 e. The zero-order chi connectivity index (χ0) is 14.7. The highest BCUT2D eigenvalue weighted by molar-refractivity contribution is 6.49. The summed E-state index contributed by atoms with van der Waals surface area (Å²) >= 11 is 0. The van der Waals surface area contributed by atoms with Crippen molar-refractivity contribution in [2.24, 2.45) is 0 Å². The number of ketones is 2. The van der Waals surface area contributed by atoms with Crippen molar-refractivity contribution in [1.82, 2.24) is 0 Å². The summed E-state index contributed by atoms with van der Waals surface area (Å²) in [6.07, 6.45) is 0. The van der Waals surface area contributed by atoms with E-state index in [2.05, 4.69) is 0 Å². The Morgan fingerprint density at radius 2 is 1.55 bits per heavy atom. The number of hydrogen-bond donors (Lipinski definition) is 0. The molecule has 0 aliphatic rings. The SMILES string of the molecule is O=C(C(=O)c1ccccc1[N+](=O)[O-])c1ccc(F)cc1. The number of benzene rings is 2. The zero-order valence-electron chi connectivity index (χ0n) is 10.1. The number of nitro groups is 1. The van der Waals surface area contributed by atoms with Gasteiger partial charge in [0, 0.05) is 11.6 Å². The molecule has 0 bridgehead atoms. The molecule has 2 rings (SSSR count). The first-order chi connectivity index (χ1) is 9.50. The number of carbonyl (C=O) groups is 2. The molecule has 0 spiro atoms. The summed E-state index contributed by atoms with van der Waals surface area (Å²) in [5, 5.41) is 10.8. The second-order valence-electron chi connectivity index (χ2n) is 3.94. The van der Waals surface area contributed by atoms with E-state index in [-0.39, 0.29) is 11.1 Å². The highest BCUT2D eigenvalue weighted by Gasteiger charge is 2.25. The van der Waals surface area contributed by atoms with Crippen LogP contribution in [0.4, 0.5) is 10.1 Å². The number of hydrogen-bond acceptors (Lipinski definition) is 4. The van der Waals surface area contributed by atoms with Crippen LogP contribution in [0, 0.1) is 15.9 Å². The maximum atomic E-state index is 12.8. The average Bonchev–Trinajstić information content (AvgIpc) is 2.46. The van der Waals surface area contributed by atoms with Crippen LogP contribution in [0.3, 0.4) is 0 Å². The number of nitrogens with zero attached hydrogens (tertiary/aromatic N) is 1. The minimum atomic E-state index is -0.996. The molecule has 5 nitrogen and oxygen atoms in total. The highest BCUT2D eigenvalue weighted by atomic mass is 19.1. The van der Waals surface area contributed by atoms with E-state index in [1.807, 2.05) is 0 Å². The number of nitro benzene ring substituents is 1. The van der Waals surface area contributed by atoms with Crippen LogP contribution < -0.4 is 0 Å². The first kappa shape index (κ1) is 13.5. The lowest BCUT2D eigenvalue weighted by atomic mass is 10.0. The van der Waals surface area contributed by atoms with Gasteiger partial charge in [-0.15, -0.1) is 0 Å². The summed E-state index contributed by atoms with van der Waals surface area (Å²) in [5.41, 5.74) is -0.741. The molecule has 0 radical (unpaired) electrons. The predicted octanol–water partition coefficient (Wildman–Crippen LogP) is 2.80. The second-order valence-corrected chi connectivity index (χ2v) is 3.94. The molecule has 20 heavy (non-hydrogen) atoms. The Morgan fingerprint density at radius 1 is 0.950 bits per heavy atom. The molecular weight excluding hydrogens is 265 g/mol. The van der Waals surface area contributed by atoms with Crippen molar-refractivity contribution < 1.29 is 18.9 Å². The Kier molecular flexibility index (Phi) is 3.65. The third-order valence-corrected chi connectivity index (χ3v) is 2.66. The molecule has 0 aliphatic carbocycles. The first-order valence-electron chi connectivity index (χ1n) is 5.58. The van der Waals surface area contributed by atoms with Crippen molar-refractivity contribution in [2.75, 3.05) is 0 Å². The Morgan fingerprint density at radius 3 is 2.15 bits per heavy atom. The van der Waals surface area contributed by atoms with Gasteiger partial charge in [-0.25, -0.2) is 4.39 Å². The Balaban J connectivity index is 2.39. The van der Waals surface area contributed by atoms with Gasteiger partial charge in [-0.3, -0.25) is 19.7 Å². The lowest BCUT2D eigenvalue weighted by Crippen LogP contribution is -2.16. The zero-order valence-corrected chi connectivity index (χ0v) is 10.1. The Labute approximate surface area is 112 Å². The minimum absolute atomic E-state index is 0.0189. The third-order valence-electron chi connectivity index (χ3n) is 2.66. The van der Waals surface area contributed by atoms with Crippen LogP contribution in [0.15, 0.2) is 48.5 Å². The van der Waals surface area contributed by atoms with E-state index in [4.69, 9.17) is 0 Å². The van der Waals surface area contributed by atoms with Crippen LogP contribution in [-0.4, -0.2) is 16.5 Å². The van der Waals surface area contributed by atoms with Gasteiger partial charge in [0.05, 0.1) is 4.92 Å². The second kappa shape index (κ2) is 5.40. The molecule has 0 saturated carbocycles. The van der Waals surface area contributed by atoms with E-state index >= 15 is 0 Å². The molecule has 0 aliphatic heterocycles. The van der Waals surface area contributed by atoms with Crippen molar-refractivity contribution in [3.63, 3.8) is 0 Å². The normalized spacial score (nSPS) is 10.1. The summed E-state index contributed by atoms with van der Waals surface area (Å²) in [5.74, 6) is -2.46. The average molecular weight is 273 g/mol. The van der Waals surface area contributed by atoms with Crippen molar-refractivity contribution in [3.05, 3.63) is 75.6 Å². The van der Waals surface area contributed by atoms with Crippen LogP contribution in [0.25, 0.3) is 0 Å². The van der Waals surface area contributed by atoms with Crippen molar-refractivity contribution in [1.29, 1.82) is 0 Å². The summed E-state index contributed by atoms with van der Waals surface area (Å²) in [4.78, 5) is 34.0. The third kappa shape index (κ3) is 2.59. The fraction of sp³-hybridized carbons (Fsp3) is 0. The molecule has 0 aromatic heterocycles. The maximum absolute atomic E-state index is 12.8. The fourth-order valence-corrected chi connectivity index (χ4v) is 1.68. The highest BCUT2D eigenvalue weighted by Crippen LogP contribution is 2.20. The van der Waals surface area contributed by atoms with Gasteiger partial charge in [-0.1, -0.05) is 12.1 Å². The quantitative estimate of drug-likeness (QED) is 0.371. The molecule has 2 aromatic carbocycles. The van der Waals surface area contributed by atoms with Gasteiger partial charge in [0.25, 0.3) is 5.69 Å². The van der Waals surface area contributed by atoms with Crippen molar-refractivity contribution in [3.8, 4) is 0 Å². The molecule has 0 atom stereocenters. The van der Waals surface area contributed by atoms with E-state index in [1.54, 1.807) is 0 Å². The summed E-state index contributed by atoms with van der Waals surface area (Å²) in [7, 11) is 0. The lowest BCUT2D eigenvalue weighted by molar-refractivity contribution is -0.385. The number of carbonyl (C=O) groups excluding carboxylic acids is 2. The molecule has 0 saturated heterocycles. The topological polar surface area (TPSA) is 77.3 Å². The fourth-order valence-electron chi connectivity index (χ4n) is 1.68. The van der Waals surface area contributed by atoms with Crippen LogP contribution in [0.5, 0.6) is 0 Å².